The highest BCUT2D eigenvalue weighted by Crippen LogP contribution is 2.10. The van der Waals surface area contributed by atoms with Gasteiger partial charge in [0.05, 0.1) is 6.54 Å². The second kappa shape index (κ2) is 6.72. The maximum absolute atomic E-state index is 11.5. The molecule has 0 aliphatic carbocycles. The number of carbonyl (C=O) groups excluding carboxylic acids is 1. The Balaban J connectivity index is 2.22. The zero-order valence-corrected chi connectivity index (χ0v) is 11.5. The van der Waals surface area contributed by atoms with Crippen LogP contribution in [0.2, 0.25) is 0 Å². The van der Waals surface area contributed by atoms with Gasteiger partial charge in [0.2, 0.25) is 0 Å². The van der Waals surface area contributed by atoms with Crippen molar-refractivity contribution in [1.29, 1.82) is 0 Å². The number of rotatable bonds is 6. The second-order valence-corrected chi connectivity index (χ2v) is 5.23. The van der Waals surface area contributed by atoms with Gasteiger partial charge in [-0.25, -0.2) is 9.59 Å². The van der Waals surface area contributed by atoms with Crippen molar-refractivity contribution >= 4 is 12.0 Å². The number of hydrogen-bond acceptors (Lipinski definition) is 4. The molecule has 1 rings (SSSR count). The number of aliphatic hydroxyl groups is 1. The van der Waals surface area contributed by atoms with E-state index in [1.807, 2.05) is 6.92 Å². The van der Waals surface area contributed by atoms with Gasteiger partial charge in [-0.1, -0.05) is 0 Å². The van der Waals surface area contributed by atoms with Gasteiger partial charge >= 0.3 is 12.0 Å². The van der Waals surface area contributed by atoms with E-state index in [9.17, 15) is 14.7 Å². The first-order valence-corrected chi connectivity index (χ1v) is 6.54. The highest BCUT2D eigenvalue weighted by Gasteiger charge is 2.30. The van der Waals surface area contributed by atoms with Crippen molar-refractivity contribution < 1.29 is 19.8 Å². The van der Waals surface area contributed by atoms with Crippen molar-refractivity contribution in [2.24, 2.45) is 0 Å². The third kappa shape index (κ3) is 5.04. The van der Waals surface area contributed by atoms with Crippen molar-refractivity contribution in [2.45, 2.75) is 38.3 Å². The summed E-state index contributed by atoms with van der Waals surface area (Å²) in [4.78, 5) is 24.4. The molecular weight excluding hydrogens is 250 g/mol. The molecule has 1 aliphatic heterocycles. The van der Waals surface area contributed by atoms with Crippen LogP contribution < -0.4 is 10.6 Å². The summed E-state index contributed by atoms with van der Waals surface area (Å²) in [5.74, 6) is -1.36. The number of aliphatic carboxylic acids is 1. The molecule has 0 bridgehead atoms. The van der Waals surface area contributed by atoms with Gasteiger partial charge in [-0.3, -0.25) is 4.90 Å². The molecule has 1 fully saturated rings. The molecule has 0 aromatic rings. The molecule has 4 N–H and O–H groups in total. The van der Waals surface area contributed by atoms with Gasteiger partial charge < -0.3 is 20.8 Å². The zero-order chi connectivity index (χ0) is 14.5. The smallest absolute Gasteiger partial charge is 0.337 e. The lowest BCUT2D eigenvalue weighted by Gasteiger charge is -2.24. The summed E-state index contributed by atoms with van der Waals surface area (Å²) in [6.45, 7) is 5.46. The van der Waals surface area contributed by atoms with Crippen LogP contribution in [0.5, 0.6) is 0 Å². The molecular formula is C12H23N3O4. The van der Waals surface area contributed by atoms with E-state index in [2.05, 4.69) is 15.5 Å². The molecule has 110 valence electrons. The van der Waals surface area contributed by atoms with E-state index in [1.54, 1.807) is 0 Å². The Morgan fingerprint density at radius 1 is 1.32 bits per heavy atom. The third-order valence-electron chi connectivity index (χ3n) is 3.38. The minimum atomic E-state index is -1.95. The maximum Gasteiger partial charge on any atom is 0.337 e. The van der Waals surface area contributed by atoms with E-state index in [1.165, 1.54) is 12.8 Å². The Bertz CT molecular complexity index is 327. The van der Waals surface area contributed by atoms with Crippen LogP contribution in [0.15, 0.2) is 0 Å². The van der Waals surface area contributed by atoms with Gasteiger partial charge in [-0.15, -0.1) is 0 Å². The summed E-state index contributed by atoms with van der Waals surface area (Å²) in [7, 11) is 0. The average Bonchev–Trinajstić information content (AvgIpc) is 2.87. The topological polar surface area (TPSA) is 102 Å². The number of likely N-dealkylation sites (tertiary alicyclic amines) is 1. The van der Waals surface area contributed by atoms with Crippen LogP contribution in [-0.2, 0) is 4.79 Å². The Morgan fingerprint density at radius 3 is 2.42 bits per heavy atom. The van der Waals surface area contributed by atoms with Gasteiger partial charge in [-0.05, 0) is 39.8 Å². The molecule has 1 saturated heterocycles. The van der Waals surface area contributed by atoms with Crippen LogP contribution in [0.3, 0.4) is 0 Å². The monoisotopic (exact) mass is 273 g/mol. The fourth-order valence-corrected chi connectivity index (χ4v) is 1.94. The lowest BCUT2D eigenvalue weighted by atomic mass is 10.1. The predicted molar refractivity (Wildman–Crippen MR) is 69.9 cm³/mol. The molecule has 7 nitrogen and oxygen atoms in total. The lowest BCUT2D eigenvalue weighted by Crippen LogP contribution is -2.50. The van der Waals surface area contributed by atoms with Crippen LogP contribution in [-0.4, -0.2) is 64.9 Å². The molecule has 1 heterocycles. The molecule has 19 heavy (non-hydrogen) atoms. The minimum Gasteiger partial charge on any atom is -0.479 e. The Morgan fingerprint density at radius 2 is 1.89 bits per heavy atom. The first kappa shape index (κ1) is 15.7. The highest BCUT2D eigenvalue weighted by molar-refractivity contribution is 5.79. The number of nitrogens with zero attached hydrogens (tertiary/aromatic N) is 1. The molecule has 2 unspecified atom stereocenters. The number of amides is 2. The Kier molecular flexibility index (Phi) is 5.56. The standard InChI is InChI=1S/C12H23N3O4/c1-9(15-5-3-4-6-15)7-13-11(18)14-8-12(2,19)10(16)17/h9,19H,3-8H2,1-2H3,(H,16,17)(H2,13,14,18). The second-order valence-electron chi connectivity index (χ2n) is 5.23. The minimum absolute atomic E-state index is 0.258. The number of urea groups is 1. The SMILES string of the molecule is CC(CNC(=O)NCC(C)(O)C(=O)O)N1CCCC1. The third-order valence-corrected chi connectivity index (χ3v) is 3.38. The van der Waals surface area contributed by atoms with Crippen molar-refractivity contribution in [2.75, 3.05) is 26.2 Å². The predicted octanol–water partition coefficient (Wildman–Crippen LogP) is -0.394. The Labute approximate surface area is 113 Å². The number of carbonyl (C=O) groups is 2. The normalized spacial score (nSPS) is 20.6. The van der Waals surface area contributed by atoms with Crippen molar-refractivity contribution in [3.8, 4) is 0 Å². The number of carboxylic acid groups (broad SMARTS) is 1. The Hall–Kier alpha value is -1.34. The van der Waals surface area contributed by atoms with E-state index >= 15 is 0 Å². The largest absolute Gasteiger partial charge is 0.479 e. The van der Waals surface area contributed by atoms with Gasteiger partial charge in [0, 0.05) is 12.6 Å². The number of nitrogens with one attached hydrogen (secondary N) is 2. The van der Waals surface area contributed by atoms with Crippen LogP contribution in [0.25, 0.3) is 0 Å². The molecule has 0 radical (unpaired) electrons. The first-order chi connectivity index (χ1) is 8.83. The first-order valence-electron chi connectivity index (χ1n) is 6.54. The zero-order valence-electron chi connectivity index (χ0n) is 11.5. The molecule has 1 aliphatic rings. The summed E-state index contributed by atoms with van der Waals surface area (Å²) >= 11 is 0. The van der Waals surface area contributed by atoms with E-state index in [4.69, 9.17) is 5.11 Å². The van der Waals surface area contributed by atoms with Gasteiger partial charge in [-0.2, -0.15) is 0 Å². The highest BCUT2D eigenvalue weighted by atomic mass is 16.4. The molecule has 0 aromatic carbocycles. The summed E-state index contributed by atoms with van der Waals surface area (Å²) in [6, 6.07) is -0.208. The van der Waals surface area contributed by atoms with Gasteiger partial charge in [0.25, 0.3) is 0 Å². The molecule has 2 amide bonds. The van der Waals surface area contributed by atoms with E-state index in [0.717, 1.165) is 20.0 Å². The summed E-state index contributed by atoms with van der Waals surface area (Å²) in [6.07, 6.45) is 2.38. The molecule has 0 spiro atoms. The van der Waals surface area contributed by atoms with Gasteiger partial charge in [0.15, 0.2) is 5.60 Å². The molecule has 0 saturated carbocycles. The van der Waals surface area contributed by atoms with Crippen molar-refractivity contribution in [3.05, 3.63) is 0 Å². The summed E-state index contributed by atoms with van der Waals surface area (Å²) < 4.78 is 0. The molecule has 0 aromatic heterocycles. The van der Waals surface area contributed by atoms with Crippen molar-refractivity contribution in [3.63, 3.8) is 0 Å². The average molecular weight is 273 g/mol. The van der Waals surface area contributed by atoms with Crippen LogP contribution in [0.1, 0.15) is 26.7 Å². The maximum atomic E-state index is 11.5. The summed E-state index contributed by atoms with van der Waals surface area (Å²) in [5.41, 5.74) is -1.95. The number of hydrogen-bond donors (Lipinski definition) is 4. The van der Waals surface area contributed by atoms with E-state index in [-0.39, 0.29) is 12.6 Å². The van der Waals surface area contributed by atoms with Crippen molar-refractivity contribution in [1.82, 2.24) is 15.5 Å². The lowest BCUT2D eigenvalue weighted by molar-refractivity contribution is -0.155. The summed E-state index contributed by atoms with van der Waals surface area (Å²) in [5, 5.41) is 23.2. The van der Waals surface area contributed by atoms with E-state index < -0.39 is 17.6 Å². The molecule has 2 atom stereocenters. The number of carboxylic acids is 1. The van der Waals surface area contributed by atoms with Gasteiger partial charge in [0.1, 0.15) is 0 Å². The van der Waals surface area contributed by atoms with Crippen LogP contribution in [0, 0.1) is 0 Å². The van der Waals surface area contributed by atoms with Crippen LogP contribution in [0.4, 0.5) is 4.79 Å². The molecule has 7 heteroatoms. The fourth-order valence-electron chi connectivity index (χ4n) is 1.94. The quantitative estimate of drug-likeness (QED) is 0.528. The fraction of sp³-hybridized carbons (Fsp3) is 0.833. The van der Waals surface area contributed by atoms with E-state index in [0.29, 0.717) is 6.54 Å². The van der Waals surface area contributed by atoms with Crippen LogP contribution >= 0.6 is 0 Å².